The molecule has 1 aliphatic rings. The average Bonchev–Trinajstić information content (AvgIpc) is 2.88. The largest absolute Gasteiger partial charge is 0.373 e. The molecule has 0 atom stereocenters. The van der Waals surface area contributed by atoms with E-state index >= 15 is 0 Å². The smallest absolute Gasteiger partial charge is 0.253 e. The zero-order valence-corrected chi connectivity index (χ0v) is 14.5. The fourth-order valence-electron chi connectivity index (χ4n) is 2.80. The third-order valence-electron chi connectivity index (χ3n) is 3.96. The number of rotatable bonds is 4. The van der Waals surface area contributed by atoms with E-state index in [9.17, 15) is 4.79 Å². The molecule has 0 bridgehead atoms. The van der Waals surface area contributed by atoms with Gasteiger partial charge in [0.1, 0.15) is 13.2 Å². The van der Waals surface area contributed by atoms with Crippen LogP contribution in [0.15, 0.2) is 28.8 Å². The summed E-state index contributed by atoms with van der Waals surface area (Å²) >= 11 is 6.13. The highest BCUT2D eigenvalue weighted by molar-refractivity contribution is 6.31. The molecule has 2 heterocycles. The molecule has 0 saturated heterocycles. The van der Waals surface area contributed by atoms with Crippen LogP contribution in [-0.4, -0.2) is 37.8 Å². The number of fused-ring (bicyclic) bond motifs is 1. The fraction of sp³-hybridized carbons (Fsp3) is 0.412. The molecule has 24 heavy (non-hydrogen) atoms. The molecular formula is C17H20ClN3O3. The number of ether oxygens (including phenoxy) is 1. The maximum atomic E-state index is 12.6. The second kappa shape index (κ2) is 7.23. The Morgan fingerprint density at radius 1 is 1.33 bits per heavy atom. The van der Waals surface area contributed by atoms with Crippen molar-refractivity contribution in [2.45, 2.75) is 20.0 Å². The van der Waals surface area contributed by atoms with E-state index in [1.807, 2.05) is 32.2 Å². The number of hydrogen-bond donors (Lipinski definition) is 0. The van der Waals surface area contributed by atoms with Crippen LogP contribution < -0.4 is 9.80 Å². The first-order chi connectivity index (χ1) is 11.5. The number of anilines is 2. The molecule has 0 radical (unpaired) electrons. The highest BCUT2D eigenvalue weighted by Crippen LogP contribution is 2.34. The van der Waals surface area contributed by atoms with Crippen molar-refractivity contribution in [3.8, 4) is 0 Å². The van der Waals surface area contributed by atoms with Gasteiger partial charge in [-0.3, -0.25) is 4.79 Å². The van der Waals surface area contributed by atoms with E-state index < -0.39 is 0 Å². The van der Waals surface area contributed by atoms with Crippen molar-refractivity contribution in [2.75, 3.05) is 36.5 Å². The lowest BCUT2D eigenvalue weighted by atomic mass is 10.2. The average molecular weight is 350 g/mol. The summed E-state index contributed by atoms with van der Waals surface area (Å²) in [6, 6.07) is 7.41. The lowest BCUT2D eigenvalue weighted by molar-refractivity contribution is -0.123. The minimum atomic E-state index is -0.0925. The van der Waals surface area contributed by atoms with Crippen LogP contribution in [0.1, 0.15) is 17.9 Å². The van der Waals surface area contributed by atoms with Crippen LogP contribution in [0, 0.1) is 6.92 Å². The van der Waals surface area contributed by atoms with Crippen LogP contribution in [0.5, 0.6) is 0 Å². The molecule has 0 saturated carbocycles. The van der Waals surface area contributed by atoms with Gasteiger partial charge in [-0.15, -0.1) is 0 Å². The van der Waals surface area contributed by atoms with Crippen LogP contribution in [0.4, 0.5) is 11.4 Å². The van der Waals surface area contributed by atoms with Crippen molar-refractivity contribution < 1.29 is 14.1 Å². The zero-order chi connectivity index (χ0) is 17.1. The Labute approximate surface area is 145 Å². The van der Waals surface area contributed by atoms with Crippen molar-refractivity contribution in [1.29, 1.82) is 0 Å². The number of aryl methyl sites for hydroxylation is 1. The number of amides is 1. The van der Waals surface area contributed by atoms with E-state index in [2.05, 4.69) is 10.1 Å². The molecule has 1 aliphatic heterocycles. The third-order valence-corrected chi connectivity index (χ3v) is 4.20. The zero-order valence-electron chi connectivity index (χ0n) is 13.8. The van der Waals surface area contributed by atoms with Gasteiger partial charge in [-0.2, -0.15) is 0 Å². The molecular weight excluding hydrogens is 330 g/mol. The molecule has 0 unspecified atom stereocenters. The molecule has 1 aromatic heterocycles. The van der Waals surface area contributed by atoms with Crippen molar-refractivity contribution >= 4 is 28.9 Å². The van der Waals surface area contributed by atoms with Gasteiger partial charge in [0.2, 0.25) is 0 Å². The number of nitrogens with zero attached hydrogens (tertiary/aromatic N) is 3. The van der Waals surface area contributed by atoms with Crippen LogP contribution in [0.2, 0.25) is 5.02 Å². The molecule has 0 N–H and O–H groups in total. The van der Waals surface area contributed by atoms with Crippen molar-refractivity contribution in [2.24, 2.45) is 0 Å². The molecule has 128 valence electrons. The normalized spacial score (nSPS) is 14.5. The third kappa shape index (κ3) is 3.71. The number of carbonyl (C=O) groups is 1. The standard InChI is InChI=1S/C17H20ClN3O3/c1-12-8-14(24-19-12)10-23-11-17(22)21-7-3-6-20(2)15-5-4-13(18)9-16(15)21/h4-5,8-9H,3,6-7,10-11H2,1-2H3. The van der Waals surface area contributed by atoms with E-state index in [0.717, 1.165) is 30.0 Å². The molecule has 6 nitrogen and oxygen atoms in total. The Hall–Kier alpha value is -2.05. The summed E-state index contributed by atoms with van der Waals surface area (Å²) in [5.41, 5.74) is 2.61. The molecule has 7 heteroatoms. The molecule has 2 aromatic rings. The van der Waals surface area contributed by atoms with Crippen molar-refractivity contribution in [1.82, 2.24) is 5.16 Å². The first kappa shape index (κ1) is 16.8. The molecule has 0 fully saturated rings. The van der Waals surface area contributed by atoms with Crippen LogP contribution >= 0.6 is 11.6 Å². The maximum absolute atomic E-state index is 12.6. The monoisotopic (exact) mass is 349 g/mol. The van der Waals surface area contributed by atoms with Gasteiger partial charge >= 0.3 is 0 Å². The van der Waals surface area contributed by atoms with Crippen LogP contribution in [-0.2, 0) is 16.1 Å². The molecule has 0 spiro atoms. The summed E-state index contributed by atoms with van der Waals surface area (Å²) in [4.78, 5) is 16.5. The first-order valence-electron chi connectivity index (χ1n) is 7.85. The number of benzene rings is 1. The first-order valence-corrected chi connectivity index (χ1v) is 8.23. The highest BCUT2D eigenvalue weighted by Gasteiger charge is 2.23. The predicted molar refractivity (Wildman–Crippen MR) is 92.6 cm³/mol. The van der Waals surface area contributed by atoms with E-state index in [1.54, 1.807) is 11.0 Å². The van der Waals surface area contributed by atoms with Gasteiger partial charge in [-0.05, 0) is 31.5 Å². The summed E-state index contributed by atoms with van der Waals surface area (Å²) in [7, 11) is 2.02. The van der Waals surface area contributed by atoms with Gasteiger partial charge in [-0.1, -0.05) is 16.8 Å². The number of hydrogen-bond acceptors (Lipinski definition) is 5. The summed E-state index contributed by atoms with van der Waals surface area (Å²) in [6.45, 7) is 3.57. The Balaban J connectivity index is 1.69. The maximum Gasteiger partial charge on any atom is 0.253 e. The van der Waals surface area contributed by atoms with Gasteiger partial charge < -0.3 is 19.1 Å². The number of halogens is 1. The van der Waals surface area contributed by atoms with Gasteiger partial charge in [0, 0.05) is 31.2 Å². The second-order valence-corrected chi connectivity index (χ2v) is 6.32. The lowest BCUT2D eigenvalue weighted by Gasteiger charge is -2.24. The van der Waals surface area contributed by atoms with E-state index in [0.29, 0.717) is 17.3 Å². The molecule has 0 aliphatic carbocycles. The minimum Gasteiger partial charge on any atom is -0.373 e. The quantitative estimate of drug-likeness (QED) is 0.849. The highest BCUT2D eigenvalue weighted by atomic mass is 35.5. The molecule has 1 amide bonds. The second-order valence-electron chi connectivity index (χ2n) is 5.88. The van der Waals surface area contributed by atoms with Crippen LogP contribution in [0.25, 0.3) is 0 Å². The van der Waals surface area contributed by atoms with Gasteiger partial charge in [0.25, 0.3) is 5.91 Å². The van der Waals surface area contributed by atoms with E-state index in [1.165, 1.54) is 0 Å². The summed E-state index contributed by atoms with van der Waals surface area (Å²) < 4.78 is 10.6. The Kier molecular flexibility index (Phi) is 5.06. The molecule has 1 aromatic carbocycles. The summed E-state index contributed by atoms with van der Waals surface area (Å²) in [6.07, 6.45) is 0.885. The Bertz CT molecular complexity index is 732. The summed E-state index contributed by atoms with van der Waals surface area (Å²) in [5, 5.41) is 4.40. The van der Waals surface area contributed by atoms with Crippen molar-refractivity contribution in [3.63, 3.8) is 0 Å². The van der Waals surface area contributed by atoms with E-state index in [4.69, 9.17) is 20.9 Å². The SMILES string of the molecule is Cc1cc(COCC(=O)N2CCCN(C)c3ccc(Cl)cc32)on1. The number of aromatic nitrogens is 1. The minimum absolute atomic E-state index is 0.0184. The summed E-state index contributed by atoms with van der Waals surface area (Å²) in [5.74, 6) is 0.518. The van der Waals surface area contributed by atoms with Gasteiger partial charge in [0.05, 0.1) is 17.1 Å². The predicted octanol–water partition coefficient (Wildman–Crippen LogP) is 3.03. The van der Waals surface area contributed by atoms with Crippen LogP contribution in [0.3, 0.4) is 0 Å². The van der Waals surface area contributed by atoms with Gasteiger partial charge in [-0.25, -0.2) is 0 Å². The van der Waals surface area contributed by atoms with Crippen molar-refractivity contribution in [3.05, 3.63) is 40.7 Å². The fourth-order valence-corrected chi connectivity index (χ4v) is 2.97. The number of carbonyl (C=O) groups excluding carboxylic acids is 1. The van der Waals surface area contributed by atoms with Gasteiger partial charge in [0.15, 0.2) is 5.76 Å². The topological polar surface area (TPSA) is 58.8 Å². The molecule has 3 rings (SSSR count). The Morgan fingerprint density at radius 3 is 2.92 bits per heavy atom. The Morgan fingerprint density at radius 2 is 2.17 bits per heavy atom. The van der Waals surface area contributed by atoms with E-state index in [-0.39, 0.29) is 19.1 Å². The lowest BCUT2D eigenvalue weighted by Crippen LogP contribution is -2.34.